The summed E-state index contributed by atoms with van der Waals surface area (Å²) in [7, 11) is 0. The summed E-state index contributed by atoms with van der Waals surface area (Å²) < 4.78 is 0. The van der Waals surface area contributed by atoms with E-state index in [9.17, 15) is 9.59 Å². The predicted octanol–water partition coefficient (Wildman–Crippen LogP) is 3.42. The molecule has 0 atom stereocenters. The van der Waals surface area contributed by atoms with Crippen molar-refractivity contribution in [2.45, 2.75) is 12.8 Å². The van der Waals surface area contributed by atoms with E-state index in [1.54, 1.807) is 18.2 Å². The number of aromatic carboxylic acids is 1. The Hall–Kier alpha value is -2.62. The number of carbonyl (C=O) groups is 2. The number of allylic oxidation sites excluding steroid dienone is 1. The van der Waals surface area contributed by atoms with Gasteiger partial charge in [-0.05, 0) is 41.0 Å². The summed E-state index contributed by atoms with van der Waals surface area (Å²) >= 11 is 0. The molecule has 2 rings (SSSR count). The average molecular weight is 270 g/mol. The first-order chi connectivity index (χ1) is 9.56. The molecule has 0 amide bonds. The number of hydrogen-bond donors (Lipinski definition) is 2. The predicted molar refractivity (Wildman–Crippen MR) is 76.8 cm³/mol. The molecule has 20 heavy (non-hydrogen) atoms. The van der Waals surface area contributed by atoms with E-state index >= 15 is 0 Å². The normalized spacial score (nSPS) is 11.0. The Kier molecular flexibility index (Phi) is 4.15. The molecule has 0 aliphatic carbocycles. The van der Waals surface area contributed by atoms with Crippen LogP contribution in [0.15, 0.2) is 42.5 Å². The van der Waals surface area contributed by atoms with Crippen molar-refractivity contribution in [3.05, 3.63) is 53.6 Å². The lowest BCUT2D eigenvalue weighted by Gasteiger charge is -2.01. The highest BCUT2D eigenvalue weighted by molar-refractivity contribution is 5.94. The summed E-state index contributed by atoms with van der Waals surface area (Å²) in [6.07, 6.45) is 4.30. The maximum absolute atomic E-state index is 10.9. The Labute approximate surface area is 116 Å². The molecule has 0 saturated heterocycles. The quantitative estimate of drug-likeness (QED) is 0.873. The Morgan fingerprint density at radius 2 is 1.70 bits per heavy atom. The van der Waals surface area contributed by atoms with E-state index in [-0.39, 0.29) is 12.0 Å². The molecule has 0 saturated carbocycles. The molecule has 0 aromatic heterocycles. The van der Waals surface area contributed by atoms with Crippen LogP contribution < -0.4 is 0 Å². The van der Waals surface area contributed by atoms with E-state index < -0.39 is 11.9 Å². The third-order valence-electron chi connectivity index (χ3n) is 2.95. The van der Waals surface area contributed by atoms with Gasteiger partial charge in [0, 0.05) is 6.42 Å². The van der Waals surface area contributed by atoms with E-state index in [1.807, 2.05) is 30.4 Å². The molecule has 0 fully saturated rings. The van der Waals surface area contributed by atoms with Crippen LogP contribution in [-0.4, -0.2) is 22.2 Å². The Morgan fingerprint density at radius 1 is 1.00 bits per heavy atom. The van der Waals surface area contributed by atoms with Gasteiger partial charge in [0.2, 0.25) is 0 Å². The first kappa shape index (κ1) is 13.8. The number of aliphatic carboxylic acids is 1. The summed E-state index contributed by atoms with van der Waals surface area (Å²) in [5, 5.41) is 19.3. The lowest BCUT2D eigenvalue weighted by Crippen LogP contribution is -1.95. The van der Waals surface area contributed by atoms with Crippen LogP contribution in [0.4, 0.5) is 0 Å². The average Bonchev–Trinajstić information content (AvgIpc) is 2.42. The number of carboxylic acid groups (broad SMARTS) is 2. The smallest absolute Gasteiger partial charge is 0.335 e. The molecule has 0 aliphatic heterocycles. The van der Waals surface area contributed by atoms with Crippen LogP contribution in [0.5, 0.6) is 0 Å². The molecule has 0 radical (unpaired) electrons. The molecule has 0 unspecified atom stereocenters. The SMILES string of the molecule is O=C(O)CC/C=C/c1ccc2cc(C(=O)O)ccc2c1. The number of fused-ring (bicyclic) bond motifs is 1. The first-order valence-corrected chi connectivity index (χ1v) is 6.22. The number of rotatable bonds is 5. The monoisotopic (exact) mass is 270 g/mol. The van der Waals surface area contributed by atoms with Crippen molar-refractivity contribution in [3.8, 4) is 0 Å². The minimum Gasteiger partial charge on any atom is -0.481 e. The Balaban J connectivity index is 2.19. The van der Waals surface area contributed by atoms with Gasteiger partial charge in [0.25, 0.3) is 0 Å². The van der Waals surface area contributed by atoms with Gasteiger partial charge in [0.05, 0.1) is 5.56 Å². The van der Waals surface area contributed by atoms with Gasteiger partial charge in [-0.1, -0.05) is 30.4 Å². The zero-order valence-electron chi connectivity index (χ0n) is 10.7. The molecule has 4 nitrogen and oxygen atoms in total. The van der Waals surface area contributed by atoms with Gasteiger partial charge >= 0.3 is 11.9 Å². The fourth-order valence-electron chi connectivity index (χ4n) is 1.93. The second kappa shape index (κ2) is 6.02. The maximum Gasteiger partial charge on any atom is 0.335 e. The van der Waals surface area contributed by atoms with Crippen LogP contribution in [0.25, 0.3) is 16.8 Å². The summed E-state index contributed by atoms with van der Waals surface area (Å²) in [5.41, 5.74) is 1.23. The van der Waals surface area contributed by atoms with Crippen LogP contribution >= 0.6 is 0 Å². The van der Waals surface area contributed by atoms with Crippen LogP contribution in [0.2, 0.25) is 0 Å². The van der Waals surface area contributed by atoms with Crippen LogP contribution in [0, 0.1) is 0 Å². The van der Waals surface area contributed by atoms with Crippen molar-refractivity contribution in [2.24, 2.45) is 0 Å². The maximum atomic E-state index is 10.9. The second-order valence-corrected chi connectivity index (χ2v) is 4.46. The molecule has 0 heterocycles. The Bertz CT molecular complexity index is 686. The molecule has 0 spiro atoms. The standard InChI is InChI=1S/C16H14O4/c17-15(18)4-2-1-3-11-5-6-13-10-14(16(19)20)8-7-12(13)9-11/h1,3,5-10H,2,4H2,(H,17,18)(H,19,20)/b3-1+. The van der Waals surface area contributed by atoms with Gasteiger partial charge in [-0.2, -0.15) is 0 Å². The minimum atomic E-state index is -0.940. The zero-order valence-corrected chi connectivity index (χ0v) is 10.7. The topological polar surface area (TPSA) is 74.6 Å². The van der Waals surface area contributed by atoms with E-state index in [1.165, 1.54) is 0 Å². The van der Waals surface area contributed by atoms with Gasteiger partial charge in [0.15, 0.2) is 0 Å². The molecule has 2 aromatic carbocycles. The second-order valence-electron chi connectivity index (χ2n) is 4.46. The first-order valence-electron chi connectivity index (χ1n) is 6.22. The third kappa shape index (κ3) is 3.45. The molecular weight excluding hydrogens is 256 g/mol. The van der Waals surface area contributed by atoms with E-state index in [2.05, 4.69) is 0 Å². The summed E-state index contributed by atoms with van der Waals surface area (Å²) in [6, 6.07) is 10.7. The Morgan fingerprint density at radius 3 is 2.40 bits per heavy atom. The van der Waals surface area contributed by atoms with E-state index in [4.69, 9.17) is 10.2 Å². The highest BCUT2D eigenvalue weighted by atomic mass is 16.4. The molecule has 0 aliphatic rings. The summed E-state index contributed by atoms with van der Waals surface area (Å²) in [6.45, 7) is 0. The van der Waals surface area contributed by atoms with Crippen LogP contribution in [0.1, 0.15) is 28.8 Å². The van der Waals surface area contributed by atoms with Crippen molar-refractivity contribution in [1.82, 2.24) is 0 Å². The van der Waals surface area contributed by atoms with Crippen molar-refractivity contribution in [3.63, 3.8) is 0 Å². The molecular formula is C16H14O4. The van der Waals surface area contributed by atoms with Crippen molar-refractivity contribution >= 4 is 28.8 Å². The lowest BCUT2D eigenvalue weighted by molar-refractivity contribution is -0.136. The number of carboxylic acids is 2. The molecule has 102 valence electrons. The van der Waals surface area contributed by atoms with Gasteiger partial charge in [0.1, 0.15) is 0 Å². The fraction of sp³-hybridized carbons (Fsp3) is 0.125. The van der Waals surface area contributed by atoms with E-state index in [0.717, 1.165) is 16.3 Å². The number of hydrogen-bond acceptors (Lipinski definition) is 2. The van der Waals surface area contributed by atoms with Crippen molar-refractivity contribution in [1.29, 1.82) is 0 Å². The lowest BCUT2D eigenvalue weighted by atomic mass is 10.0. The van der Waals surface area contributed by atoms with E-state index in [0.29, 0.717) is 6.42 Å². The minimum absolute atomic E-state index is 0.117. The fourth-order valence-corrected chi connectivity index (χ4v) is 1.93. The highest BCUT2D eigenvalue weighted by Crippen LogP contribution is 2.19. The molecule has 4 heteroatoms. The van der Waals surface area contributed by atoms with Gasteiger partial charge in [-0.3, -0.25) is 4.79 Å². The molecule has 2 aromatic rings. The summed E-state index contributed by atoms with van der Waals surface area (Å²) in [5.74, 6) is -1.75. The number of benzene rings is 2. The van der Waals surface area contributed by atoms with Crippen molar-refractivity contribution < 1.29 is 19.8 Å². The largest absolute Gasteiger partial charge is 0.481 e. The molecule has 2 N–H and O–H groups in total. The van der Waals surface area contributed by atoms with Crippen LogP contribution in [0.3, 0.4) is 0 Å². The van der Waals surface area contributed by atoms with Gasteiger partial charge < -0.3 is 10.2 Å². The third-order valence-corrected chi connectivity index (χ3v) is 2.95. The molecule has 0 bridgehead atoms. The van der Waals surface area contributed by atoms with Gasteiger partial charge in [-0.15, -0.1) is 0 Å². The highest BCUT2D eigenvalue weighted by Gasteiger charge is 2.03. The summed E-state index contributed by atoms with van der Waals surface area (Å²) in [4.78, 5) is 21.3. The van der Waals surface area contributed by atoms with Crippen LogP contribution in [-0.2, 0) is 4.79 Å². The van der Waals surface area contributed by atoms with Gasteiger partial charge in [-0.25, -0.2) is 4.79 Å². The van der Waals surface area contributed by atoms with Crippen molar-refractivity contribution in [2.75, 3.05) is 0 Å². The zero-order chi connectivity index (χ0) is 14.5.